The van der Waals surface area contributed by atoms with E-state index in [-0.39, 0.29) is 29.6 Å². The largest absolute Gasteiger partial charge is 0.352 e. The highest BCUT2D eigenvalue weighted by atomic mass is 16.2. The van der Waals surface area contributed by atoms with Crippen molar-refractivity contribution in [3.63, 3.8) is 0 Å². The third kappa shape index (κ3) is 5.59. The molecule has 0 aliphatic carbocycles. The second kappa shape index (κ2) is 8.65. The fourth-order valence-electron chi connectivity index (χ4n) is 3.00. The van der Waals surface area contributed by atoms with Gasteiger partial charge in [-0.05, 0) is 30.5 Å². The van der Waals surface area contributed by atoms with Crippen LogP contribution in [0, 0.1) is 11.8 Å². The Morgan fingerprint density at radius 2 is 1.88 bits per heavy atom. The van der Waals surface area contributed by atoms with Gasteiger partial charge in [0.25, 0.3) is 0 Å². The third-order valence-electron chi connectivity index (χ3n) is 4.34. The summed E-state index contributed by atoms with van der Waals surface area (Å²) >= 11 is 0. The standard InChI is InChI=1S/C19H27N3O3/c1-13(2)19(25)22-10-4-5-16(12-22)18(24)20-11-15-6-8-17(9-7-15)21-14(3)23/h6-9,13,16H,4-5,10-12H2,1-3H3,(H,20,24)(H,21,23)/t16-/m0/s1. The summed E-state index contributed by atoms with van der Waals surface area (Å²) in [6.45, 7) is 6.92. The van der Waals surface area contributed by atoms with Crippen LogP contribution in [0.2, 0.25) is 0 Å². The van der Waals surface area contributed by atoms with E-state index in [2.05, 4.69) is 10.6 Å². The van der Waals surface area contributed by atoms with Crippen molar-refractivity contribution in [2.24, 2.45) is 11.8 Å². The molecule has 2 rings (SSSR count). The van der Waals surface area contributed by atoms with E-state index in [1.807, 2.05) is 38.1 Å². The summed E-state index contributed by atoms with van der Waals surface area (Å²) in [7, 11) is 0. The first-order chi connectivity index (χ1) is 11.9. The van der Waals surface area contributed by atoms with E-state index in [9.17, 15) is 14.4 Å². The minimum absolute atomic E-state index is 0.00723. The lowest BCUT2D eigenvalue weighted by Gasteiger charge is -2.33. The lowest BCUT2D eigenvalue weighted by atomic mass is 9.96. The van der Waals surface area contributed by atoms with Crippen molar-refractivity contribution in [2.75, 3.05) is 18.4 Å². The van der Waals surface area contributed by atoms with Gasteiger partial charge < -0.3 is 15.5 Å². The number of carbonyl (C=O) groups excluding carboxylic acids is 3. The maximum atomic E-state index is 12.4. The van der Waals surface area contributed by atoms with Crippen LogP contribution in [0.25, 0.3) is 0 Å². The van der Waals surface area contributed by atoms with Crippen molar-refractivity contribution in [1.29, 1.82) is 0 Å². The van der Waals surface area contributed by atoms with Gasteiger partial charge in [-0.25, -0.2) is 0 Å². The first-order valence-corrected chi connectivity index (χ1v) is 8.80. The second-order valence-corrected chi connectivity index (χ2v) is 6.87. The number of hydrogen-bond acceptors (Lipinski definition) is 3. The van der Waals surface area contributed by atoms with Crippen molar-refractivity contribution >= 4 is 23.4 Å². The lowest BCUT2D eigenvalue weighted by Crippen LogP contribution is -2.46. The van der Waals surface area contributed by atoms with Crippen LogP contribution < -0.4 is 10.6 Å². The number of likely N-dealkylation sites (tertiary alicyclic amines) is 1. The molecule has 0 spiro atoms. The van der Waals surface area contributed by atoms with E-state index in [1.54, 1.807) is 4.90 Å². The van der Waals surface area contributed by atoms with Gasteiger partial charge in [0.1, 0.15) is 0 Å². The Morgan fingerprint density at radius 1 is 1.20 bits per heavy atom. The zero-order chi connectivity index (χ0) is 18.4. The van der Waals surface area contributed by atoms with E-state index < -0.39 is 0 Å². The fourth-order valence-corrected chi connectivity index (χ4v) is 3.00. The zero-order valence-corrected chi connectivity index (χ0v) is 15.2. The Bertz CT molecular complexity index is 625. The monoisotopic (exact) mass is 345 g/mol. The Kier molecular flexibility index (Phi) is 6.56. The molecule has 1 saturated heterocycles. The number of anilines is 1. The van der Waals surface area contributed by atoms with Crippen LogP contribution in [0.3, 0.4) is 0 Å². The summed E-state index contributed by atoms with van der Waals surface area (Å²) < 4.78 is 0. The summed E-state index contributed by atoms with van der Waals surface area (Å²) in [5.74, 6) is -0.184. The smallest absolute Gasteiger partial charge is 0.225 e. The van der Waals surface area contributed by atoms with Gasteiger partial charge in [-0.15, -0.1) is 0 Å². The summed E-state index contributed by atoms with van der Waals surface area (Å²) in [4.78, 5) is 37.3. The number of hydrogen-bond donors (Lipinski definition) is 2. The fraction of sp³-hybridized carbons (Fsp3) is 0.526. The molecule has 1 aliphatic rings. The van der Waals surface area contributed by atoms with Crippen LogP contribution >= 0.6 is 0 Å². The van der Waals surface area contributed by atoms with Crippen LogP contribution in [0.15, 0.2) is 24.3 Å². The highest BCUT2D eigenvalue weighted by molar-refractivity contribution is 5.88. The van der Waals surface area contributed by atoms with Gasteiger partial charge in [0.2, 0.25) is 17.7 Å². The molecule has 1 atom stereocenters. The van der Waals surface area contributed by atoms with Crippen molar-refractivity contribution in [3.05, 3.63) is 29.8 Å². The third-order valence-corrected chi connectivity index (χ3v) is 4.34. The van der Waals surface area contributed by atoms with Gasteiger partial charge in [-0.2, -0.15) is 0 Å². The van der Waals surface area contributed by atoms with E-state index in [4.69, 9.17) is 0 Å². The number of rotatable bonds is 5. The van der Waals surface area contributed by atoms with Crippen molar-refractivity contribution in [3.8, 4) is 0 Å². The van der Waals surface area contributed by atoms with Gasteiger partial charge in [0, 0.05) is 38.2 Å². The quantitative estimate of drug-likeness (QED) is 0.858. The van der Waals surface area contributed by atoms with Crippen LogP contribution in [-0.2, 0) is 20.9 Å². The predicted molar refractivity (Wildman–Crippen MR) is 96.7 cm³/mol. The van der Waals surface area contributed by atoms with Crippen LogP contribution in [0.1, 0.15) is 39.2 Å². The summed E-state index contributed by atoms with van der Waals surface area (Å²) in [5, 5.41) is 5.66. The zero-order valence-electron chi connectivity index (χ0n) is 15.2. The highest BCUT2D eigenvalue weighted by Crippen LogP contribution is 2.19. The lowest BCUT2D eigenvalue weighted by molar-refractivity contribution is -0.138. The number of amides is 3. The molecule has 2 N–H and O–H groups in total. The molecule has 1 aliphatic heterocycles. The summed E-state index contributed by atoms with van der Waals surface area (Å²) in [6, 6.07) is 7.38. The molecule has 136 valence electrons. The molecule has 1 heterocycles. The molecule has 6 heteroatoms. The average molecular weight is 345 g/mol. The average Bonchev–Trinajstić information content (AvgIpc) is 2.59. The van der Waals surface area contributed by atoms with Crippen LogP contribution in [0.5, 0.6) is 0 Å². The van der Waals surface area contributed by atoms with Crippen LogP contribution in [0.4, 0.5) is 5.69 Å². The van der Waals surface area contributed by atoms with E-state index in [0.717, 1.165) is 30.6 Å². The molecule has 0 saturated carbocycles. The topological polar surface area (TPSA) is 78.5 Å². The van der Waals surface area contributed by atoms with Gasteiger partial charge in [0.15, 0.2) is 0 Å². The van der Waals surface area contributed by atoms with Crippen molar-refractivity contribution in [2.45, 2.75) is 40.2 Å². The summed E-state index contributed by atoms with van der Waals surface area (Å²) in [5.41, 5.74) is 1.70. The molecule has 0 unspecified atom stereocenters. The van der Waals surface area contributed by atoms with E-state index >= 15 is 0 Å². The maximum Gasteiger partial charge on any atom is 0.225 e. The molecule has 6 nitrogen and oxygen atoms in total. The minimum atomic E-state index is -0.143. The number of benzene rings is 1. The van der Waals surface area contributed by atoms with E-state index in [1.165, 1.54) is 6.92 Å². The number of piperidine rings is 1. The van der Waals surface area contributed by atoms with E-state index in [0.29, 0.717) is 13.1 Å². The molecule has 1 aromatic rings. The molecule has 1 fully saturated rings. The Balaban J connectivity index is 1.85. The molecule has 1 aromatic carbocycles. The van der Waals surface area contributed by atoms with Crippen LogP contribution in [-0.4, -0.2) is 35.7 Å². The Morgan fingerprint density at radius 3 is 2.48 bits per heavy atom. The molecule has 0 radical (unpaired) electrons. The molecular weight excluding hydrogens is 318 g/mol. The normalized spacial score (nSPS) is 17.3. The molecular formula is C19H27N3O3. The van der Waals surface area contributed by atoms with Gasteiger partial charge in [-0.1, -0.05) is 26.0 Å². The van der Waals surface area contributed by atoms with Crippen molar-refractivity contribution in [1.82, 2.24) is 10.2 Å². The van der Waals surface area contributed by atoms with Gasteiger partial charge in [0.05, 0.1) is 5.92 Å². The van der Waals surface area contributed by atoms with Gasteiger partial charge in [-0.3, -0.25) is 14.4 Å². The SMILES string of the molecule is CC(=O)Nc1ccc(CNC(=O)[C@H]2CCCN(C(=O)C(C)C)C2)cc1. The van der Waals surface area contributed by atoms with Crippen molar-refractivity contribution < 1.29 is 14.4 Å². The Hall–Kier alpha value is -2.37. The molecule has 0 bridgehead atoms. The Labute approximate surface area is 149 Å². The number of carbonyl (C=O) groups is 3. The minimum Gasteiger partial charge on any atom is -0.352 e. The molecule has 3 amide bonds. The predicted octanol–water partition coefficient (Wildman–Crippen LogP) is 2.16. The van der Waals surface area contributed by atoms with Gasteiger partial charge >= 0.3 is 0 Å². The number of nitrogens with zero attached hydrogens (tertiary/aromatic N) is 1. The maximum absolute atomic E-state index is 12.4. The first kappa shape index (κ1) is 19.0. The summed E-state index contributed by atoms with van der Waals surface area (Å²) in [6.07, 6.45) is 1.68. The molecule has 0 aromatic heterocycles. The second-order valence-electron chi connectivity index (χ2n) is 6.87. The number of nitrogens with one attached hydrogen (secondary N) is 2. The first-order valence-electron chi connectivity index (χ1n) is 8.80. The highest BCUT2D eigenvalue weighted by Gasteiger charge is 2.29. The molecule has 25 heavy (non-hydrogen) atoms.